The molecule has 0 bridgehead atoms. The Morgan fingerprint density at radius 2 is 2.23 bits per heavy atom. The van der Waals surface area contributed by atoms with Gasteiger partial charge in [0.15, 0.2) is 0 Å². The van der Waals surface area contributed by atoms with Crippen LogP contribution in [0, 0.1) is 0 Å². The minimum absolute atomic E-state index is 0.192. The van der Waals surface area contributed by atoms with Crippen LogP contribution < -0.4 is 11.1 Å². The van der Waals surface area contributed by atoms with Crippen LogP contribution in [-0.2, 0) is 7.05 Å². The van der Waals surface area contributed by atoms with Gasteiger partial charge in [0.25, 0.3) is 11.1 Å². The van der Waals surface area contributed by atoms with Crippen molar-refractivity contribution in [3.05, 3.63) is 30.6 Å². The second kappa shape index (κ2) is 2.81. The fourth-order valence-electron chi connectivity index (χ4n) is 1.12. The van der Waals surface area contributed by atoms with Gasteiger partial charge in [-0.15, -0.1) is 11.3 Å². The third-order valence-corrected chi connectivity index (χ3v) is 3.65. The summed E-state index contributed by atoms with van der Waals surface area (Å²) in [5, 5.41) is 4.63. The van der Waals surface area contributed by atoms with E-state index in [0.29, 0.717) is 14.6 Å². The zero-order valence-electron chi connectivity index (χ0n) is 6.63. The van der Waals surface area contributed by atoms with Crippen LogP contribution in [0.4, 0.5) is 0 Å². The number of thiophene rings is 1. The highest BCUT2D eigenvalue weighted by atomic mass is 79.9. The summed E-state index contributed by atoms with van der Waals surface area (Å²) in [7, 11) is 1.52. The molecule has 0 aliphatic heterocycles. The molecule has 0 spiro atoms. The van der Waals surface area contributed by atoms with Gasteiger partial charge in [0.05, 0.1) is 5.39 Å². The second-order valence-corrected chi connectivity index (χ2v) is 4.33. The van der Waals surface area contributed by atoms with Gasteiger partial charge in [-0.25, -0.2) is 0 Å². The first-order chi connectivity index (χ1) is 6.11. The lowest BCUT2D eigenvalue weighted by atomic mass is 10.4. The maximum absolute atomic E-state index is 11.5. The van der Waals surface area contributed by atoms with Gasteiger partial charge in [0, 0.05) is 16.9 Å². The first-order valence-corrected chi connectivity index (χ1v) is 5.14. The van der Waals surface area contributed by atoms with Crippen molar-refractivity contribution in [1.82, 2.24) is 9.78 Å². The maximum atomic E-state index is 11.5. The van der Waals surface area contributed by atoms with Crippen molar-refractivity contribution in [2.45, 2.75) is 0 Å². The Labute approximate surface area is 84.9 Å². The normalized spacial score (nSPS) is 10.9. The molecule has 0 saturated heterocycles. The summed E-state index contributed by atoms with van der Waals surface area (Å²) in [5.41, 5.74) is -0.421. The molecule has 0 atom stereocenters. The van der Waals surface area contributed by atoms with Crippen LogP contribution >= 0.6 is 27.3 Å². The largest absolute Gasteiger partial charge is 0.280 e. The SMILES string of the molecule is Cn1[nH]c(=O)c2scc(Br)c2c1=O. The van der Waals surface area contributed by atoms with E-state index in [1.165, 1.54) is 23.1 Å². The van der Waals surface area contributed by atoms with Gasteiger partial charge in [-0.1, -0.05) is 0 Å². The van der Waals surface area contributed by atoms with Crippen LogP contribution in [0.1, 0.15) is 0 Å². The van der Waals surface area contributed by atoms with Crippen molar-refractivity contribution in [3.63, 3.8) is 0 Å². The van der Waals surface area contributed by atoms with Gasteiger partial charge in [0.1, 0.15) is 4.70 Å². The molecule has 0 aromatic carbocycles. The van der Waals surface area contributed by atoms with Gasteiger partial charge in [-0.05, 0) is 15.9 Å². The van der Waals surface area contributed by atoms with E-state index in [0.717, 1.165) is 0 Å². The Bertz CT molecular complexity index is 580. The fourth-order valence-corrected chi connectivity index (χ4v) is 2.71. The molecule has 68 valence electrons. The highest BCUT2D eigenvalue weighted by molar-refractivity contribution is 9.10. The second-order valence-electron chi connectivity index (χ2n) is 2.59. The first-order valence-electron chi connectivity index (χ1n) is 3.47. The number of halogens is 1. The first kappa shape index (κ1) is 8.71. The molecule has 6 heteroatoms. The van der Waals surface area contributed by atoms with Gasteiger partial charge in [0.2, 0.25) is 0 Å². The number of aromatic nitrogens is 2. The smallest absolute Gasteiger partial charge is 0.267 e. The molecule has 2 heterocycles. The van der Waals surface area contributed by atoms with Gasteiger partial charge < -0.3 is 0 Å². The molecule has 0 saturated carbocycles. The lowest BCUT2D eigenvalue weighted by Crippen LogP contribution is -2.26. The number of hydrogen-bond acceptors (Lipinski definition) is 3. The van der Waals surface area contributed by atoms with Crippen molar-refractivity contribution >= 4 is 37.4 Å². The summed E-state index contributed by atoms with van der Waals surface area (Å²) in [4.78, 5) is 22.9. The van der Waals surface area contributed by atoms with E-state index < -0.39 is 0 Å². The molecule has 2 aromatic rings. The fraction of sp³-hybridized carbons (Fsp3) is 0.143. The third kappa shape index (κ3) is 1.17. The number of H-pyrrole nitrogens is 1. The Morgan fingerprint density at radius 3 is 2.92 bits per heavy atom. The maximum Gasteiger partial charge on any atom is 0.280 e. The van der Waals surface area contributed by atoms with E-state index in [4.69, 9.17) is 0 Å². The number of fused-ring (bicyclic) bond motifs is 1. The molecule has 2 rings (SSSR count). The molecule has 0 aliphatic rings. The van der Waals surface area contributed by atoms with E-state index in [1.807, 2.05) is 0 Å². The van der Waals surface area contributed by atoms with Crippen LogP contribution in [-0.4, -0.2) is 9.78 Å². The predicted molar refractivity (Wildman–Crippen MR) is 55.4 cm³/mol. The van der Waals surface area contributed by atoms with Crippen molar-refractivity contribution in [3.8, 4) is 0 Å². The van der Waals surface area contributed by atoms with Crippen molar-refractivity contribution < 1.29 is 0 Å². The quantitative estimate of drug-likeness (QED) is 0.770. The topological polar surface area (TPSA) is 54.9 Å². The van der Waals surface area contributed by atoms with Crippen LogP contribution in [0.15, 0.2) is 19.4 Å². The summed E-state index contributed by atoms with van der Waals surface area (Å²) in [6.07, 6.45) is 0. The zero-order valence-corrected chi connectivity index (χ0v) is 9.03. The summed E-state index contributed by atoms with van der Waals surface area (Å²) in [6.45, 7) is 0. The van der Waals surface area contributed by atoms with Gasteiger partial charge in [-0.3, -0.25) is 19.4 Å². The highest BCUT2D eigenvalue weighted by Crippen LogP contribution is 2.24. The number of aromatic amines is 1. The summed E-state index contributed by atoms with van der Waals surface area (Å²) >= 11 is 4.49. The molecule has 1 N–H and O–H groups in total. The Balaban J connectivity index is 3.19. The molecule has 0 unspecified atom stereocenters. The molecular weight excluding hydrogens is 256 g/mol. The predicted octanol–water partition coefficient (Wildman–Crippen LogP) is 1.05. The molecule has 0 aliphatic carbocycles. The van der Waals surface area contributed by atoms with Crippen molar-refractivity contribution in [2.24, 2.45) is 7.05 Å². The van der Waals surface area contributed by atoms with Crippen LogP contribution in [0.5, 0.6) is 0 Å². The van der Waals surface area contributed by atoms with E-state index in [-0.39, 0.29) is 11.1 Å². The molecule has 0 amide bonds. The Kier molecular flexibility index (Phi) is 1.88. The molecule has 0 radical (unpaired) electrons. The highest BCUT2D eigenvalue weighted by Gasteiger charge is 2.10. The van der Waals surface area contributed by atoms with Crippen LogP contribution in [0.25, 0.3) is 10.1 Å². The molecule has 4 nitrogen and oxygen atoms in total. The number of rotatable bonds is 0. The Hall–Kier alpha value is -0.880. The van der Waals surface area contributed by atoms with Gasteiger partial charge >= 0.3 is 0 Å². The van der Waals surface area contributed by atoms with E-state index in [9.17, 15) is 9.59 Å². The molecule has 0 fully saturated rings. The number of hydrogen-bond donors (Lipinski definition) is 1. The summed E-state index contributed by atoms with van der Waals surface area (Å²) in [5.74, 6) is 0. The number of nitrogens with zero attached hydrogens (tertiary/aromatic N) is 1. The van der Waals surface area contributed by atoms with E-state index in [1.54, 1.807) is 5.38 Å². The minimum atomic E-state index is -0.229. The minimum Gasteiger partial charge on any atom is -0.267 e. The van der Waals surface area contributed by atoms with Crippen LogP contribution in [0.2, 0.25) is 0 Å². The zero-order chi connectivity index (χ0) is 9.59. The third-order valence-electron chi connectivity index (χ3n) is 1.74. The van der Waals surface area contributed by atoms with Crippen molar-refractivity contribution in [1.29, 1.82) is 0 Å². The van der Waals surface area contributed by atoms with Crippen molar-refractivity contribution in [2.75, 3.05) is 0 Å². The average Bonchev–Trinajstić information content (AvgIpc) is 2.44. The van der Waals surface area contributed by atoms with Gasteiger partial charge in [-0.2, -0.15) is 0 Å². The Morgan fingerprint density at radius 1 is 1.54 bits per heavy atom. The molecule has 2 aromatic heterocycles. The molecular formula is C7H5BrN2O2S. The monoisotopic (exact) mass is 260 g/mol. The lowest BCUT2D eigenvalue weighted by Gasteiger charge is -1.95. The lowest BCUT2D eigenvalue weighted by molar-refractivity contribution is 0.705. The number of aryl methyl sites for hydroxylation is 1. The summed E-state index contributed by atoms with van der Waals surface area (Å²) in [6, 6.07) is 0. The van der Waals surface area contributed by atoms with E-state index >= 15 is 0 Å². The van der Waals surface area contributed by atoms with E-state index in [2.05, 4.69) is 21.0 Å². The standard InChI is InChI=1S/C7H5BrN2O2S/c1-10-7(12)4-3(8)2-13-5(4)6(11)9-10/h2H,1H3,(H,9,11). The average molecular weight is 261 g/mol. The molecule has 13 heavy (non-hydrogen) atoms. The number of nitrogens with one attached hydrogen (secondary N) is 1. The summed E-state index contributed by atoms with van der Waals surface area (Å²) < 4.78 is 2.33. The van der Waals surface area contributed by atoms with Crippen LogP contribution in [0.3, 0.4) is 0 Å².